The van der Waals surface area contributed by atoms with Crippen molar-refractivity contribution in [2.45, 2.75) is 33.3 Å². The first kappa shape index (κ1) is 16.0. The summed E-state index contributed by atoms with van der Waals surface area (Å²) in [4.78, 5) is 33.2. The number of hydrogen-bond donors (Lipinski definition) is 2. The van der Waals surface area contributed by atoms with Gasteiger partial charge >= 0.3 is 18.0 Å². The summed E-state index contributed by atoms with van der Waals surface area (Å²) < 4.78 is 9.39. The number of esters is 1. The molecule has 0 aliphatic heterocycles. The quantitative estimate of drug-likeness (QED) is 0.577. The molecule has 7 nitrogen and oxygen atoms in total. The normalized spacial score (nSPS) is 11.7. The van der Waals surface area contributed by atoms with Gasteiger partial charge in [0, 0.05) is 0 Å². The number of alkyl carbamates (subject to hydrolysis) is 1. The minimum Gasteiger partial charge on any atom is -0.477 e. The Bertz CT molecular complexity index is 366. The molecule has 102 valence electrons. The fourth-order valence-electron chi connectivity index (χ4n) is 0.867. The summed E-state index contributed by atoms with van der Waals surface area (Å²) in [5.74, 6) is -2.32. The lowest BCUT2D eigenvalue weighted by molar-refractivity contribution is -0.138. The minimum absolute atomic E-state index is 0.106. The molecule has 0 aromatic carbocycles. The third-order valence-electron chi connectivity index (χ3n) is 1.41. The van der Waals surface area contributed by atoms with Crippen LogP contribution in [0.3, 0.4) is 0 Å². The SMILES string of the molecule is CCOC(=O)/C=C(/NC(=O)OC(C)(C)C)C(=O)O. The fraction of sp³-hybridized carbons (Fsp3) is 0.545. The zero-order valence-electron chi connectivity index (χ0n) is 10.8. The number of rotatable bonds is 4. The van der Waals surface area contributed by atoms with Crippen LogP contribution in [0.4, 0.5) is 4.79 Å². The predicted molar refractivity (Wildman–Crippen MR) is 61.7 cm³/mol. The smallest absolute Gasteiger partial charge is 0.412 e. The molecule has 7 heteroatoms. The van der Waals surface area contributed by atoms with Gasteiger partial charge in [0.2, 0.25) is 0 Å². The van der Waals surface area contributed by atoms with Crippen LogP contribution in [0, 0.1) is 0 Å². The van der Waals surface area contributed by atoms with Gasteiger partial charge in [-0.1, -0.05) is 0 Å². The van der Waals surface area contributed by atoms with E-state index in [0.29, 0.717) is 6.08 Å². The maximum Gasteiger partial charge on any atom is 0.412 e. The molecule has 2 N–H and O–H groups in total. The van der Waals surface area contributed by atoms with Crippen LogP contribution in [-0.4, -0.2) is 35.3 Å². The lowest BCUT2D eigenvalue weighted by atomic mass is 10.2. The van der Waals surface area contributed by atoms with E-state index >= 15 is 0 Å². The highest BCUT2D eigenvalue weighted by Gasteiger charge is 2.20. The number of aliphatic carboxylic acids is 1. The number of hydrogen-bond acceptors (Lipinski definition) is 5. The monoisotopic (exact) mass is 259 g/mol. The van der Waals surface area contributed by atoms with Crippen molar-refractivity contribution in [3.05, 3.63) is 11.8 Å². The van der Waals surface area contributed by atoms with Gasteiger partial charge in [-0.25, -0.2) is 14.4 Å². The van der Waals surface area contributed by atoms with Gasteiger partial charge < -0.3 is 14.6 Å². The number of amides is 1. The Hall–Kier alpha value is -2.05. The van der Waals surface area contributed by atoms with Crippen LogP contribution in [0.15, 0.2) is 11.8 Å². The Morgan fingerprint density at radius 1 is 1.28 bits per heavy atom. The molecule has 0 rings (SSSR count). The van der Waals surface area contributed by atoms with Crippen molar-refractivity contribution in [1.29, 1.82) is 0 Å². The molecule has 0 aliphatic carbocycles. The molecular formula is C11H17NO6. The first-order valence-corrected chi connectivity index (χ1v) is 5.27. The fourth-order valence-corrected chi connectivity index (χ4v) is 0.867. The van der Waals surface area contributed by atoms with Gasteiger partial charge in [0.05, 0.1) is 12.7 Å². The summed E-state index contributed by atoms with van der Waals surface area (Å²) in [7, 11) is 0. The second-order valence-corrected chi connectivity index (χ2v) is 4.24. The predicted octanol–water partition coefficient (Wildman–Crippen LogP) is 1.04. The van der Waals surface area contributed by atoms with Crippen LogP contribution in [0.1, 0.15) is 27.7 Å². The number of nitrogens with one attached hydrogen (secondary N) is 1. The van der Waals surface area contributed by atoms with Gasteiger partial charge in [-0.3, -0.25) is 5.32 Å². The van der Waals surface area contributed by atoms with Crippen LogP contribution in [0.5, 0.6) is 0 Å². The van der Waals surface area contributed by atoms with E-state index < -0.39 is 29.3 Å². The molecule has 0 fully saturated rings. The first-order chi connectivity index (χ1) is 8.15. The molecule has 0 unspecified atom stereocenters. The highest BCUT2D eigenvalue weighted by atomic mass is 16.6. The van der Waals surface area contributed by atoms with E-state index in [1.807, 2.05) is 5.32 Å². The standard InChI is InChI=1S/C11H17NO6/c1-5-17-8(13)6-7(9(14)15)12-10(16)18-11(2,3)4/h6H,5H2,1-4H3,(H,12,16)(H,14,15)/b7-6+. The molecular weight excluding hydrogens is 242 g/mol. The molecule has 0 bridgehead atoms. The molecule has 0 saturated carbocycles. The van der Waals surface area contributed by atoms with Crippen molar-refractivity contribution in [2.24, 2.45) is 0 Å². The van der Waals surface area contributed by atoms with E-state index in [9.17, 15) is 14.4 Å². The van der Waals surface area contributed by atoms with Gasteiger partial charge in [0.1, 0.15) is 11.3 Å². The molecule has 0 radical (unpaired) electrons. The summed E-state index contributed by atoms with van der Waals surface area (Å²) in [5.41, 5.74) is -1.37. The van der Waals surface area contributed by atoms with Crippen LogP contribution in [0.2, 0.25) is 0 Å². The Morgan fingerprint density at radius 2 is 1.83 bits per heavy atom. The van der Waals surface area contributed by atoms with E-state index in [1.54, 1.807) is 27.7 Å². The van der Waals surface area contributed by atoms with Gasteiger partial charge in [0.25, 0.3) is 0 Å². The number of carboxylic acids is 1. The maximum atomic E-state index is 11.3. The summed E-state index contributed by atoms with van der Waals surface area (Å²) in [6.07, 6.45) is -0.282. The Labute approximate surface area is 105 Å². The van der Waals surface area contributed by atoms with Crippen molar-refractivity contribution in [3.8, 4) is 0 Å². The van der Waals surface area contributed by atoms with E-state index in [1.165, 1.54) is 0 Å². The minimum atomic E-state index is -1.46. The Kier molecular flexibility index (Phi) is 5.87. The van der Waals surface area contributed by atoms with E-state index in [2.05, 4.69) is 4.74 Å². The molecule has 1 amide bonds. The lowest BCUT2D eigenvalue weighted by Gasteiger charge is -2.19. The average Bonchev–Trinajstić information content (AvgIpc) is 2.13. The van der Waals surface area contributed by atoms with Crippen LogP contribution in [0.25, 0.3) is 0 Å². The molecule has 0 aliphatic rings. The van der Waals surface area contributed by atoms with Gasteiger partial charge in [0.15, 0.2) is 0 Å². The van der Waals surface area contributed by atoms with Crippen molar-refractivity contribution in [2.75, 3.05) is 6.61 Å². The molecule has 0 atom stereocenters. The van der Waals surface area contributed by atoms with Gasteiger partial charge in [-0.05, 0) is 27.7 Å². The van der Waals surface area contributed by atoms with Crippen LogP contribution in [-0.2, 0) is 19.1 Å². The largest absolute Gasteiger partial charge is 0.477 e. The van der Waals surface area contributed by atoms with Crippen molar-refractivity contribution in [3.63, 3.8) is 0 Å². The summed E-state index contributed by atoms with van der Waals surface area (Å²) in [6, 6.07) is 0. The summed E-state index contributed by atoms with van der Waals surface area (Å²) in [5, 5.41) is 10.8. The third kappa shape index (κ3) is 7.26. The van der Waals surface area contributed by atoms with Crippen molar-refractivity contribution >= 4 is 18.0 Å². The number of carboxylic acid groups (broad SMARTS) is 1. The van der Waals surface area contributed by atoms with Crippen molar-refractivity contribution in [1.82, 2.24) is 5.32 Å². The molecule has 0 saturated heterocycles. The second kappa shape index (κ2) is 6.63. The first-order valence-electron chi connectivity index (χ1n) is 5.27. The maximum absolute atomic E-state index is 11.3. The molecule has 0 spiro atoms. The number of ether oxygens (including phenoxy) is 2. The third-order valence-corrected chi connectivity index (χ3v) is 1.41. The summed E-state index contributed by atoms with van der Waals surface area (Å²) in [6.45, 7) is 6.56. The molecule has 0 aromatic rings. The molecule has 0 aromatic heterocycles. The van der Waals surface area contributed by atoms with Gasteiger partial charge in [-0.15, -0.1) is 0 Å². The highest BCUT2D eigenvalue weighted by Crippen LogP contribution is 2.07. The average molecular weight is 259 g/mol. The zero-order chi connectivity index (χ0) is 14.3. The van der Waals surface area contributed by atoms with Crippen LogP contribution < -0.4 is 5.32 Å². The molecule has 18 heavy (non-hydrogen) atoms. The Balaban J connectivity index is 4.70. The Morgan fingerprint density at radius 3 is 2.22 bits per heavy atom. The van der Waals surface area contributed by atoms with E-state index in [-0.39, 0.29) is 6.61 Å². The summed E-state index contributed by atoms with van der Waals surface area (Å²) >= 11 is 0. The number of carbonyl (C=O) groups excluding carboxylic acids is 2. The number of carbonyl (C=O) groups is 3. The molecule has 0 heterocycles. The highest BCUT2D eigenvalue weighted by molar-refractivity contribution is 5.97. The van der Waals surface area contributed by atoms with Crippen molar-refractivity contribution < 1.29 is 29.0 Å². The topological polar surface area (TPSA) is 102 Å². The van der Waals surface area contributed by atoms with Crippen LogP contribution >= 0.6 is 0 Å². The lowest BCUT2D eigenvalue weighted by Crippen LogP contribution is -2.34. The second-order valence-electron chi connectivity index (χ2n) is 4.24. The van der Waals surface area contributed by atoms with Gasteiger partial charge in [-0.2, -0.15) is 0 Å². The van der Waals surface area contributed by atoms with E-state index in [0.717, 1.165) is 0 Å². The zero-order valence-corrected chi connectivity index (χ0v) is 10.8. The van der Waals surface area contributed by atoms with E-state index in [4.69, 9.17) is 9.84 Å².